The molecule has 5 saturated carbocycles. The van der Waals surface area contributed by atoms with E-state index in [4.69, 9.17) is 5.73 Å². The summed E-state index contributed by atoms with van der Waals surface area (Å²) in [5.41, 5.74) is 6.71. The van der Waals surface area contributed by atoms with Crippen LogP contribution in [0.4, 0.5) is 0 Å². The maximum absolute atomic E-state index is 12.7. The van der Waals surface area contributed by atoms with Gasteiger partial charge in [0.15, 0.2) is 9.84 Å². The van der Waals surface area contributed by atoms with Gasteiger partial charge in [-0.05, 0) is 74.5 Å². The molecule has 5 rings (SSSR count). The number of nitrogens with two attached hydrogens (primary N) is 1. The summed E-state index contributed by atoms with van der Waals surface area (Å²) in [6, 6.07) is -0.114. The van der Waals surface area contributed by atoms with E-state index in [1.54, 1.807) is 0 Å². The molecule has 0 saturated heterocycles. The molecule has 0 amide bonds. The smallest absolute Gasteiger partial charge is 0.154 e. The zero-order valence-corrected chi connectivity index (χ0v) is 13.8. The highest BCUT2D eigenvalue weighted by Gasteiger charge is 2.54. The van der Waals surface area contributed by atoms with Crippen molar-refractivity contribution in [2.24, 2.45) is 28.9 Å². The monoisotopic (exact) mass is 311 g/mol. The van der Waals surface area contributed by atoms with E-state index in [0.717, 1.165) is 43.4 Å². The third-order valence-corrected chi connectivity index (χ3v) is 9.40. The van der Waals surface area contributed by atoms with Crippen molar-refractivity contribution in [3.05, 3.63) is 0 Å². The second-order valence-corrected chi connectivity index (χ2v) is 10.9. The van der Waals surface area contributed by atoms with Gasteiger partial charge in [-0.1, -0.05) is 12.8 Å². The maximum atomic E-state index is 12.7. The van der Waals surface area contributed by atoms with Gasteiger partial charge >= 0.3 is 0 Å². The Morgan fingerprint density at radius 3 is 1.90 bits per heavy atom. The highest BCUT2D eigenvalue weighted by Crippen LogP contribution is 2.61. The molecule has 120 valence electrons. The van der Waals surface area contributed by atoms with Gasteiger partial charge in [0.05, 0.1) is 11.0 Å². The first-order valence-electron chi connectivity index (χ1n) is 8.94. The van der Waals surface area contributed by atoms with Crippen LogP contribution >= 0.6 is 0 Å². The molecule has 3 nitrogen and oxygen atoms in total. The summed E-state index contributed by atoms with van der Waals surface area (Å²) >= 11 is 0. The SMILES string of the molecule is NC(CS(=O)(=O)C1CCCC1)C12CC3CC(CC(C3)C1)C2. The first kappa shape index (κ1) is 14.5. The van der Waals surface area contributed by atoms with Crippen LogP contribution in [-0.4, -0.2) is 25.5 Å². The lowest BCUT2D eigenvalue weighted by Gasteiger charge is -2.59. The van der Waals surface area contributed by atoms with E-state index >= 15 is 0 Å². The standard InChI is InChI=1S/C17H29NO2S/c18-16(11-21(19,20)15-3-1-2-4-15)17-8-12-5-13(9-17)7-14(6-12)10-17/h12-16H,1-11,18H2. The lowest BCUT2D eigenvalue weighted by atomic mass is 9.48. The van der Waals surface area contributed by atoms with E-state index in [0.29, 0.717) is 0 Å². The van der Waals surface area contributed by atoms with Crippen molar-refractivity contribution >= 4 is 9.84 Å². The van der Waals surface area contributed by atoms with E-state index in [1.165, 1.54) is 38.5 Å². The van der Waals surface area contributed by atoms with Gasteiger partial charge in [0.25, 0.3) is 0 Å². The fraction of sp³-hybridized carbons (Fsp3) is 1.00. The molecule has 2 N–H and O–H groups in total. The van der Waals surface area contributed by atoms with Crippen LogP contribution < -0.4 is 5.73 Å². The van der Waals surface area contributed by atoms with Crippen molar-refractivity contribution in [1.29, 1.82) is 0 Å². The van der Waals surface area contributed by atoms with Gasteiger partial charge in [0.2, 0.25) is 0 Å². The minimum Gasteiger partial charge on any atom is -0.326 e. The van der Waals surface area contributed by atoms with E-state index in [9.17, 15) is 8.42 Å². The third-order valence-electron chi connectivity index (χ3n) is 7.09. The van der Waals surface area contributed by atoms with Crippen molar-refractivity contribution in [2.45, 2.75) is 75.5 Å². The average Bonchev–Trinajstić information content (AvgIpc) is 2.90. The zero-order valence-electron chi connectivity index (χ0n) is 13.0. The molecule has 5 aliphatic carbocycles. The first-order chi connectivity index (χ1) is 9.97. The zero-order chi connectivity index (χ0) is 14.7. The van der Waals surface area contributed by atoms with Crippen molar-refractivity contribution < 1.29 is 8.42 Å². The minimum atomic E-state index is -2.98. The number of hydrogen-bond donors (Lipinski definition) is 1. The second-order valence-electron chi connectivity index (χ2n) is 8.62. The predicted molar refractivity (Wildman–Crippen MR) is 84.6 cm³/mol. The van der Waals surface area contributed by atoms with E-state index in [-0.39, 0.29) is 22.5 Å². The molecule has 1 unspecified atom stereocenters. The molecule has 0 aromatic rings. The van der Waals surface area contributed by atoms with Crippen LogP contribution in [0, 0.1) is 23.2 Å². The van der Waals surface area contributed by atoms with Crippen molar-refractivity contribution in [3.8, 4) is 0 Å². The predicted octanol–water partition coefficient (Wildman–Crippen LogP) is 2.89. The van der Waals surface area contributed by atoms with Crippen LogP contribution in [0.1, 0.15) is 64.2 Å². The van der Waals surface area contributed by atoms with Gasteiger partial charge in [-0.15, -0.1) is 0 Å². The Morgan fingerprint density at radius 1 is 0.952 bits per heavy atom. The molecule has 0 aliphatic heterocycles. The van der Waals surface area contributed by atoms with Gasteiger partial charge in [-0.25, -0.2) is 8.42 Å². The van der Waals surface area contributed by atoms with E-state index < -0.39 is 9.84 Å². The Morgan fingerprint density at radius 2 is 1.43 bits per heavy atom. The van der Waals surface area contributed by atoms with Gasteiger partial charge in [0, 0.05) is 6.04 Å². The highest BCUT2D eigenvalue weighted by atomic mass is 32.2. The van der Waals surface area contributed by atoms with Crippen molar-refractivity contribution in [2.75, 3.05) is 5.75 Å². The van der Waals surface area contributed by atoms with E-state index in [2.05, 4.69) is 0 Å². The topological polar surface area (TPSA) is 60.2 Å². The molecule has 5 aliphatic rings. The third kappa shape index (κ3) is 2.46. The molecule has 0 radical (unpaired) electrons. The number of rotatable bonds is 4. The number of hydrogen-bond acceptors (Lipinski definition) is 3. The molecule has 4 heteroatoms. The van der Waals surface area contributed by atoms with Gasteiger partial charge < -0.3 is 5.73 Å². The van der Waals surface area contributed by atoms with Crippen LogP contribution in [0.25, 0.3) is 0 Å². The van der Waals surface area contributed by atoms with Crippen LogP contribution in [-0.2, 0) is 9.84 Å². The maximum Gasteiger partial charge on any atom is 0.154 e. The van der Waals surface area contributed by atoms with Crippen LogP contribution in [0.2, 0.25) is 0 Å². The molecular formula is C17H29NO2S. The lowest BCUT2D eigenvalue weighted by Crippen LogP contribution is -2.56. The molecule has 0 aromatic carbocycles. The second kappa shape index (κ2) is 4.95. The number of sulfone groups is 1. The molecule has 21 heavy (non-hydrogen) atoms. The normalized spacial score (nSPS) is 44.3. The summed E-state index contributed by atoms with van der Waals surface area (Å²) in [7, 11) is -2.98. The summed E-state index contributed by atoms with van der Waals surface area (Å²) in [5, 5.41) is -0.0857. The molecule has 4 bridgehead atoms. The van der Waals surface area contributed by atoms with Crippen LogP contribution in [0.5, 0.6) is 0 Å². The Kier molecular flexibility index (Phi) is 3.42. The summed E-state index contributed by atoms with van der Waals surface area (Å²) in [6.07, 6.45) is 11.7. The van der Waals surface area contributed by atoms with E-state index in [1.807, 2.05) is 0 Å². The molecule has 0 aromatic heterocycles. The Bertz CT molecular complexity index is 472. The Labute approximate surface area is 129 Å². The quantitative estimate of drug-likeness (QED) is 0.868. The summed E-state index contributed by atoms with van der Waals surface area (Å²) in [5.74, 6) is 2.79. The van der Waals surface area contributed by atoms with Gasteiger partial charge in [-0.3, -0.25) is 0 Å². The fourth-order valence-corrected chi connectivity index (χ4v) is 8.62. The Balaban J connectivity index is 1.51. The van der Waals surface area contributed by atoms with Gasteiger partial charge in [-0.2, -0.15) is 0 Å². The van der Waals surface area contributed by atoms with Gasteiger partial charge in [0.1, 0.15) is 0 Å². The molecule has 5 fully saturated rings. The largest absolute Gasteiger partial charge is 0.326 e. The molecule has 0 heterocycles. The first-order valence-corrected chi connectivity index (χ1v) is 10.7. The minimum absolute atomic E-state index is 0.0857. The fourth-order valence-electron chi connectivity index (χ4n) is 6.44. The van der Waals surface area contributed by atoms with Crippen LogP contribution in [0.15, 0.2) is 0 Å². The lowest BCUT2D eigenvalue weighted by molar-refractivity contribution is -0.0632. The Hall–Kier alpha value is -0.0900. The van der Waals surface area contributed by atoms with Crippen LogP contribution in [0.3, 0.4) is 0 Å². The molecular weight excluding hydrogens is 282 g/mol. The highest BCUT2D eigenvalue weighted by molar-refractivity contribution is 7.92. The van der Waals surface area contributed by atoms with Crippen molar-refractivity contribution in [1.82, 2.24) is 0 Å². The molecule has 0 spiro atoms. The molecule has 1 atom stereocenters. The summed E-state index contributed by atoms with van der Waals surface area (Å²) in [6.45, 7) is 0. The van der Waals surface area contributed by atoms with Crippen molar-refractivity contribution in [3.63, 3.8) is 0 Å². The average molecular weight is 311 g/mol. The summed E-state index contributed by atoms with van der Waals surface area (Å²) < 4.78 is 25.3. The summed E-state index contributed by atoms with van der Waals surface area (Å²) in [4.78, 5) is 0.